The van der Waals surface area contributed by atoms with E-state index >= 15 is 0 Å². The summed E-state index contributed by atoms with van der Waals surface area (Å²) >= 11 is 0. The Balaban J connectivity index is 0.965. The Kier molecular flexibility index (Phi) is 9.24. The van der Waals surface area contributed by atoms with Crippen molar-refractivity contribution < 1.29 is 0 Å². The van der Waals surface area contributed by atoms with Crippen molar-refractivity contribution in [3.8, 4) is 22.3 Å². The molecule has 282 valence electrons. The second kappa shape index (κ2) is 15.2. The Morgan fingerprint density at radius 2 is 0.831 bits per heavy atom. The first-order valence-electron chi connectivity index (χ1n) is 20.4. The van der Waals surface area contributed by atoms with Crippen LogP contribution >= 0.6 is 0 Å². The molecular formula is C57H44N2. The second-order valence-corrected chi connectivity index (χ2v) is 15.8. The molecule has 0 heterocycles. The molecule has 0 saturated heterocycles. The highest BCUT2D eigenvalue weighted by atomic mass is 15.1. The van der Waals surface area contributed by atoms with Gasteiger partial charge >= 0.3 is 0 Å². The van der Waals surface area contributed by atoms with E-state index in [4.69, 9.17) is 0 Å². The van der Waals surface area contributed by atoms with Crippen LogP contribution in [0.1, 0.15) is 36.1 Å². The van der Waals surface area contributed by atoms with Gasteiger partial charge in [0.05, 0.1) is 5.69 Å². The number of fused-ring (bicyclic) bond motifs is 4. The van der Waals surface area contributed by atoms with Gasteiger partial charge in [-0.05, 0) is 117 Å². The summed E-state index contributed by atoms with van der Waals surface area (Å²) in [5.74, 6) is 0. The molecule has 2 heteroatoms. The monoisotopic (exact) mass is 756 g/mol. The zero-order valence-electron chi connectivity index (χ0n) is 33.3. The predicted octanol–water partition coefficient (Wildman–Crippen LogP) is 15.9. The number of rotatable bonds is 9. The van der Waals surface area contributed by atoms with Crippen LogP contribution in [0.25, 0.3) is 45.2 Å². The minimum absolute atomic E-state index is 0.188. The number of nitrogens with zero attached hydrogens (tertiary/aromatic N) is 2. The second-order valence-electron chi connectivity index (χ2n) is 15.8. The van der Waals surface area contributed by atoms with Gasteiger partial charge in [0.2, 0.25) is 0 Å². The van der Waals surface area contributed by atoms with Gasteiger partial charge in [-0.25, -0.2) is 0 Å². The molecule has 2 nitrogen and oxygen atoms in total. The van der Waals surface area contributed by atoms with Gasteiger partial charge in [0, 0.05) is 39.2 Å². The van der Waals surface area contributed by atoms with E-state index in [-0.39, 0.29) is 5.41 Å². The van der Waals surface area contributed by atoms with E-state index in [1.807, 2.05) is 0 Å². The Labute approximate surface area is 347 Å². The van der Waals surface area contributed by atoms with Crippen molar-refractivity contribution in [1.82, 2.24) is 0 Å². The molecule has 1 aliphatic rings. The van der Waals surface area contributed by atoms with Crippen LogP contribution in [0.5, 0.6) is 0 Å². The van der Waals surface area contributed by atoms with E-state index < -0.39 is 0 Å². The quantitative estimate of drug-likeness (QED) is 0.135. The van der Waals surface area contributed by atoms with E-state index in [0.29, 0.717) is 0 Å². The van der Waals surface area contributed by atoms with Gasteiger partial charge in [-0.15, -0.1) is 0 Å². The molecule has 0 unspecified atom stereocenters. The zero-order chi connectivity index (χ0) is 39.8. The molecule has 0 aliphatic heterocycles. The van der Waals surface area contributed by atoms with Crippen molar-refractivity contribution in [2.75, 3.05) is 9.80 Å². The lowest BCUT2D eigenvalue weighted by Crippen LogP contribution is -2.17. The summed E-state index contributed by atoms with van der Waals surface area (Å²) in [6, 6.07) is 78.8. The average molecular weight is 757 g/mol. The summed E-state index contributed by atoms with van der Waals surface area (Å²) in [5, 5.41) is 2.45. The topological polar surface area (TPSA) is 6.48 Å². The Morgan fingerprint density at radius 3 is 1.53 bits per heavy atom. The first-order chi connectivity index (χ1) is 29.0. The first kappa shape index (κ1) is 36.0. The molecule has 9 aromatic carbocycles. The Morgan fingerprint density at radius 1 is 0.356 bits per heavy atom. The van der Waals surface area contributed by atoms with Crippen LogP contribution in [-0.4, -0.2) is 0 Å². The van der Waals surface area contributed by atoms with E-state index in [2.05, 4.69) is 254 Å². The van der Waals surface area contributed by atoms with Gasteiger partial charge in [-0.1, -0.05) is 178 Å². The number of para-hydroxylation sites is 2. The molecule has 1 aliphatic carbocycles. The van der Waals surface area contributed by atoms with E-state index in [9.17, 15) is 0 Å². The number of hydrogen-bond donors (Lipinski definition) is 0. The van der Waals surface area contributed by atoms with Crippen molar-refractivity contribution in [3.63, 3.8) is 0 Å². The van der Waals surface area contributed by atoms with Crippen molar-refractivity contribution in [2.45, 2.75) is 19.3 Å². The van der Waals surface area contributed by atoms with E-state index in [1.165, 1.54) is 49.7 Å². The lowest BCUT2D eigenvalue weighted by Gasteiger charge is -2.29. The molecule has 0 bridgehead atoms. The maximum Gasteiger partial charge on any atom is 0.0540 e. The molecule has 0 radical (unpaired) electrons. The molecule has 0 N–H and O–H groups in total. The highest BCUT2D eigenvalue weighted by molar-refractivity contribution is 5.99. The summed E-state index contributed by atoms with van der Waals surface area (Å²) in [6.07, 6.45) is 4.46. The van der Waals surface area contributed by atoms with Crippen LogP contribution in [0.2, 0.25) is 0 Å². The van der Waals surface area contributed by atoms with Crippen LogP contribution in [0, 0.1) is 0 Å². The Hall–Kier alpha value is -7.42. The zero-order valence-corrected chi connectivity index (χ0v) is 33.3. The van der Waals surface area contributed by atoms with E-state index in [0.717, 1.165) is 39.7 Å². The molecule has 0 fully saturated rings. The van der Waals surface area contributed by atoms with Crippen molar-refractivity contribution >= 4 is 57.0 Å². The van der Waals surface area contributed by atoms with Gasteiger partial charge in [0.25, 0.3) is 0 Å². The highest BCUT2D eigenvalue weighted by Crippen LogP contribution is 2.51. The molecule has 0 amide bonds. The largest absolute Gasteiger partial charge is 0.311 e. The van der Waals surface area contributed by atoms with Crippen LogP contribution in [0.3, 0.4) is 0 Å². The molecule has 0 spiro atoms. The minimum Gasteiger partial charge on any atom is -0.311 e. The standard InChI is InChI=1S/C57H44N2/c1-57(2)54-39-42(26-25-41-27-32-48(33-28-41)58(46-19-8-4-9-20-46)47-21-10-5-11-22-47)29-37-52(54)53-38-36-50(40-55(53)57)59(56-24-14-18-45-17-12-13-23-51(45)56)49-34-30-44(31-35-49)43-15-6-3-7-16-43/h3-40H,1-2H3/b26-25+. The molecular weight excluding hydrogens is 713 g/mol. The predicted molar refractivity (Wildman–Crippen MR) is 252 cm³/mol. The summed E-state index contributed by atoms with van der Waals surface area (Å²) in [4.78, 5) is 4.72. The maximum absolute atomic E-state index is 2.43. The van der Waals surface area contributed by atoms with Gasteiger partial charge < -0.3 is 9.80 Å². The van der Waals surface area contributed by atoms with Crippen molar-refractivity contribution in [1.29, 1.82) is 0 Å². The maximum atomic E-state index is 2.43. The normalized spacial score (nSPS) is 12.6. The lowest BCUT2D eigenvalue weighted by molar-refractivity contribution is 0.660. The summed E-state index contributed by atoms with van der Waals surface area (Å²) in [5.41, 5.74) is 16.7. The molecule has 9 aromatic rings. The number of benzene rings is 9. The summed E-state index contributed by atoms with van der Waals surface area (Å²) in [7, 11) is 0. The van der Waals surface area contributed by atoms with Gasteiger partial charge in [0.1, 0.15) is 0 Å². The third-order valence-corrected chi connectivity index (χ3v) is 11.8. The van der Waals surface area contributed by atoms with Gasteiger partial charge in [-0.3, -0.25) is 0 Å². The fourth-order valence-electron chi connectivity index (χ4n) is 8.78. The van der Waals surface area contributed by atoms with Crippen LogP contribution < -0.4 is 9.80 Å². The minimum atomic E-state index is -0.188. The van der Waals surface area contributed by atoms with Crippen LogP contribution in [0.4, 0.5) is 34.1 Å². The third-order valence-electron chi connectivity index (χ3n) is 11.8. The summed E-state index contributed by atoms with van der Waals surface area (Å²) < 4.78 is 0. The van der Waals surface area contributed by atoms with Crippen LogP contribution in [0.15, 0.2) is 218 Å². The lowest BCUT2D eigenvalue weighted by atomic mass is 9.81. The fourth-order valence-corrected chi connectivity index (χ4v) is 8.78. The molecule has 0 atom stereocenters. The Bertz CT molecular complexity index is 2890. The van der Waals surface area contributed by atoms with E-state index in [1.54, 1.807) is 0 Å². The molecule has 10 rings (SSSR count). The number of anilines is 6. The van der Waals surface area contributed by atoms with Crippen molar-refractivity contribution in [3.05, 3.63) is 241 Å². The third kappa shape index (κ3) is 6.79. The van der Waals surface area contributed by atoms with Gasteiger partial charge in [0.15, 0.2) is 0 Å². The highest BCUT2D eigenvalue weighted by Gasteiger charge is 2.36. The fraction of sp³-hybridized carbons (Fsp3) is 0.0526. The molecule has 59 heavy (non-hydrogen) atoms. The smallest absolute Gasteiger partial charge is 0.0540 e. The average Bonchev–Trinajstić information content (AvgIpc) is 3.52. The SMILES string of the molecule is CC1(C)c2cc(/C=C/c3ccc(N(c4ccccc4)c4ccccc4)cc3)ccc2-c2ccc(N(c3ccc(-c4ccccc4)cc3)c3cccc4ccccc34)cc21. The van der Waals surface area contributed by atoms with Gasteiger partial charge in [-0.2, -0.15) is 0 Å². The number of hydrogen-bond acceptors (Lipinski definition) is 2. The molecule has 0 saturated carbocycles. The first-order valence-corrected chi connectivity index (χ1v) is 20.4. The molecule has 0 aromatic heterocycles. The van der Waals surface area contributed by atoms with Crippen LogP contribution in [-0.2, 0) is 5.41 Å². The van der Waals surface area contributed by atoms with Crippen molar-refractivity contribution in [2.24, 2.45) is 0 Å². The summed E-state index contributed by atoms with van der Waals surface area (Å²) in [6.45, 7) is 4.74.